The third-order valence-electron chi connectivity index (χ3n) is 0. The molecule has 79 valence electrons. The number of hydrogen-bond donors (Lipinski definition) is 2. The molecule has 11 heavy (non-hydrogen) atoms. The minimum Gasteiger partial charge on any atom is -0.693 e. The standard InChI is InChI=1S/Cu.2H2N.2HO3S/c;;;2*1-4(2)3/h;2*1H2;2*(H,1,2,3)/q;4*-1. The Bertz CT molecular complexity index is 135. The maximum Gasteiger partial charge on any atom is 0.0495 e. The Hall–Kier alpha value is 0.259. The third-order valence-corrected chi connectivity index (χ3v) is 0. The van der Waals surface area contributed by atoms with E-state index >= 15 is 0 Å². The Morgan fingerprint density at radius 1 is 0.727 bits per heavy atom. The predicted octanol–water partition coefficient (Wildman–Crippen LogP) is 0.969. The average Bonchev–Trinajstić information content (AvgIpc) is 1.25. The first kappa shape index (κ1) is 30.2. The van der Waals surface area contributed by atoms with Gasteiger partial charge in [0.15, 0.2) is 0 Å². The Morgan fingerprint density at radius 2 is 0.727 bits per heavy atom. The minimum absolute atomic E-state index is 0. The van der Waals surface area contributed by atoms with Crippen molar-refractivity contribution in [1.29, 1.82) is 0 Å². The van der Waals surface area contributed by atoms with E-state index in [1.54, 1.807) is 0 Å². The van der Waals surface area contributed by atoms with Gasteiger partial charge in [0.2, 0.25) is 0 Å². The van der Waals surface area contributed by atoms with E-state index in [1.807, 2.05) is 0 Å². The Balaban J connectivity index is -0.0000000171. The molecule has 0 unspecified atom stereocenters. The van der Waals surface area contributed by atoms with Crippen LogP contribution in [0.4, 0.5) is 0 Å². The zero-order chi connectivity index (χ0) is 7.15. The van der Waals surface area contributed by atoms with E-state index in [0.717, 1.165) is 0 Å². The van der Waals surface area contributed by atoms with Crippen molar-refractivity contribution in [2.75, 3.05) is 0 Å². The summed E-state index contributed by atoms with van der Waals surface area (Å²) < 4.78 is 48.2. The van der Waals surface area contributed by atoms with Gasteiger partial charge in [0, 0.05) is 39.0 Å². The Morgan fingerprint density at radius 3 is 0.727 bits per heavy atom. The van der Waals surface area contributed by atoms with Crippen molar-refractivity contribution >= 4 is 22.0 Å². The van der Waals surface area contributed by atoms with E-state index in [1.165, 1.54) is 0 Å². The van der Waals surface area contributed by atoms with Crippen molar-refractivity contribution in [1.82, 2.24) is 0 Å². The molecule has 6 N–H and O–H groups in total. The second-order valence-electron chi connectivity index (χ2n) is 0.434. The molecule has 0 aliphatic rings. The summed E-state index contributed by atoms with van der Waals surface area (Å²) >= 11 is 0. The van der Waals surface area contributed by atoms with Crippen LogP contribution in [0.5, 0.6) is 0 Å². The molecule has 8 nitrogen and oxygen atoms in total. The molecule has 0 bridgehead atoms. The maximum absolute atomic E-state index is 8.56. The molecule has 0 spiro atoms. The summed E-state index contributed by atoms with van der Waals surface area (Å²) in [6.45, 7) is 0. The summed E-state index contributed by atoms with van der Waals surface area (Å²) in [5.74, 6) is 0. The fourth-order valence-corrected chi connectivity index (χ4v) is 0. The molecule has 11 heteroatoms. The van der Waals surface area contributed by atoms with E-state index in [-0.39, 0.29) is 29.4 Å². The van der Waals surface area contributed by atoms with Gasteiger partial charge in [-0.25, -0.2) is 0 Å². The summed E-state index contributed by atoms with van der Waals surface area (Å²) in [4.78, 5) is 0. The second-order valence-corrected chi connectivity index (χ2v) is 1.30. The van der Waals surface area contributed by atoms with Gasteiger partial charge in [0.25, 0.3) is 0 Å². The van der Waals surface area contributed by atoms with Crippen molar-refractivity contribution in [3.63, 3.8) is 0 Å². The van der Waals surface area contributed by atoms with Crippen LogP contribution in [0.2, 0.25) is 0 Å². The molecule has 0 atom stereocenters. The van der Waals surface area contributed by atoms with E-state index < -0.39 is 22.0 Å². The number of nitrogens with two attached hydrogens (primary N) is 2. The normalized spacial score (nSPS) is 6.18. The van der Waals surface area contributed by atoms with Crippen molar-refractivity contribution < 1.29 is 43.0 Å². The molecule has 0 aliphatic carbocycles. The van der Waals surface area contributed by atoms with Crippen LogP contribution in [0, 0.1) is 0 Å². The predicted molar refractivity (Wildman–Crippen MR) is 33.3 cm³/mol. The molecule has 0 aromatic heterocycles. The van der Waals surface area contributed by atoms with Crippen molar-refractivity contribution in [3.8, 4) is 0 Å². The zero-order valence-corrected chi connectivity index (χ0v) is 7.37. The summed E-state index contributed by atoms with van der Waals surface area (Å²) in [7, 11) is -5.72. The molecule has 0 aromatic carbocycles. The van der Waals surface area contributed by atoms with Crippen LogP contribution in [0.25, 0.3) is 12.3 Å². The molecular weight excluding hydrogens is 252 g/mol. The number of rotatable bonds is 0. The van der Waals surface area contributed by atoms with Gasteiger partial charge in [0.1, 0.15) is 0 Å². The number of hydrogen-bond acceptors (Lipinski definition) is 6. The molecule has 1 radical (unpaired) electrons. The van der Waals surface area contributed by atoms with Crippen LogP contribution in [0.15, 0.2) is 0 Å². The largest absolute Gasteiger partial charge is 0.693 e. The SMILES string of the molecule is O=[S-](=O)O.O=[S-](=O)O.[Cu].[NH2-].[NH2-]. The van der Waals surface area contributed by atoms with E-state index in [2.05, 4.69) is 0 Å². The molecule has 0 saturated heterocycles. The van der Waals surface area contributed by atoms with Crippen molar-refractivity contribution in [2.45, 2.75) is 0 Å². The maximum atomic E-state index is 8.56. The van der Waals surface area contributed by atoms with Crippen LogP contribution in [-0.4, -0.2) is 9.11 Å². The molecule has 0 amide bonds. The molecule has 0 aromatic rings. The van der Waals surface area contributed by atoms with Gasteiger partial charge in [-0.05, 0) is 0 Å². The Kier molecular flexibility index (Phi) is 61.7. The minimum atomic E-state index is -2.86. The van der Waals surface area contributed by atoms with E-state index in [4.69, 9.17) is 25.9 Å². The van der Waals surface area contributed by atoms with Crippen molar-refractivity contribution in [2.24, 2.45) is 0 Å². The second kappa shape index (κ2) is 22.5. The quantitative estimate of drug-likeness (QED) is 0.282. The molecule has 0 saturated carbocycles. The third kappa shape index (κ3) is 10400. The van der Waals surface area contributed by atoms with Crippen LogP contribution in [-0.2, 0) is 55.9 Å². The van der Waals surface area contributed by atoms with Crippen LogP contribution in [0.3, 0.4) is 0 Å². The van der Waals surface area contributed by atoms with Crippen LogP contribution in [0.1, 0.15) is 0 Å². The summed E-state index contributed by atoms with van der Waals surface area (Å²) in [5, 5.41) is 0. The van der Waals surface area contributed by atoms with E-state index in [9.17, 15) is 0 Å². The topological polar surface area (TPSA) is 176 Å². The summed E-state index contributed by atoms with van der Waals surface area (Å²) in [6.07, 6.45) is 0. The van der Waals surface area contributed by atoms with Gasteiger partial charge < -0.3 is 38.2 Å². The summed E-state index contributed by atoms with van der Waals surface area (Å²) in [6, 6.07) is 0. The van der Waals surface area contributed by atoms with Crippen molar-refractivity contribution in [3.05, 3.63) is 12.3 Å². The van der Waals surface area contributed by atoms with Gasteiger partial charge in [-0.2, -0.15) is 0 Å². The fourth-order valence-electron chi connectivity index (χ4n) is 0. The van der Waals surface area contributed by atoms with Crippen LogP contribution < -0.4 is 0 Å². The van der Waals surface area contributed by atoms with Gasteiger partial charge >= 0.3 is 0 Å². The van der Waals surface area contributed by atoms with Crippen LogP contribution >= 0.6 is 0 Å². The summed E-state index contributed by atoms with van der Waals surface area (Å²) in [5.41, 5.74) is 0. The van der Waals surface area contributed by atoms with Gasteiger partial charge in [0.05, 0.1) is 0 Å². The smallest absolute Gasteiger partial charge is 0.0495 e. The first-order valence-corrected chi connectivity index (χ1v) is 3.10. The fraction of sp³-hybridized carbons (Fsp3) is 0. The average molecular weight is 258 g/mol. The molecule has 0 fully saturated rings. The van der Waals surface area contributed by atoms with Gasteiger partial charge in [-0.15, -0.1) is 0 Å². The zero-order valence-electron chi connectivity index (χ0n) is 4.80. The molecule has 0 aliphatic heterocycles. The van der Waals surface area contributed by atoms with Gasteiger partial charge in [-0.3, -0.25) is 0 Å². The first-order valence-electron chi connectivity index (χ1n) is 1.03. The van der Waals surface area contributed by atoms with Gasteiger partial charge in [-0.1, -0.05) is 0 Å². The molecule has 0 heterocycles. The van der Waals surface area contributed by atoms with E-state index in [0.29, 0.717) is 0 Å². The molecule has 0 rings (SSSR count). The first-order chi connectivity index (χ1) is 3.46. The Labute approximate surface area is 77.6 Å². The molecular formula is H6CuN2O6S2-4. The monoisotopic (exact) mass is 257 g/mol.